The molecule has 0 bridgehead atoms. The van der Waals surface area contributed by atoms with Gasteiger partial charge in [0.2, 0.25) is 0 Å². The van der Waals surface area contributed by atoms with Gasteiger partial charge in [0, 0.05) is 30.4 Å². The minimum absolute atomic E-state index is 0.0191. The highest BCUT2D eigenvalue weighted by molar-refractivity contribution is 7.90. The molecular weight excluding hydrogens is 433 g/mol. The highest BCUT2D eigenvalue weighted by Gasteiger charge is 2.53. The Morgan fingerprint density at radius 3 is 2.57 bits per heavy atom. The molecule has 0 radical (unpaired) electrons. The van der Waals surface area contributed by atoms with Crippen molar-refractivity contribution in [3.63, 3.8) is 0 Å². The van der Waals surface area contributed by atoms with E-state index in [9.17, 15) is 30.4 Å². The molecule has 30 heavy (non-hydrogen) atoms. The first-order valence-corrected chi connectivity index (χ1v) is 10.8. The molecule has 0 saturated carbocycles. The summed E-state index contributed by atoms with van der Waals surface area (Å²) in [5, 5.41) is 0. The van der Waals surface area contributed by atoms with E-state index in [2.05, 4.69) is 0 Å². The Bertz CT molecular complexity index is 982. The number of halogens is 5. The summed E-state index contributed by atoms with van der Waals surface area (Å²) in [7, 11) is -5.40. The third-order valence-corrected chi connectivity index (χ3v) is 7.36. The lowest BCUT2D eigenvalue weighted by atomic mass is 9.93. The monoisotopic (exact) mass is 453 g/mol. The Morgan fingerprint density at radius 2 is 1.90 bits per heavy atom. The third-order valence-electron chi connectivity index (χ3n) is 5.84. The van der Waals surface area contributed by atoms with Crippen LogP contribution in [0.1, 0.15) is 24.5 Å². The van der Waals surface area contributed by atoms with Gasteiger partial charge in [-0.1, -0.05) is 0 Å². The van der Waals surface area contributed by atoms with E-state index in [1.165, 1.54) is 0 Å². The van der Waals surface area contributed by atoms with Crippen LogP contribution in [-0.2, 0) is 14.8 Å². The van der Waals surface area contributed by atoms with Crippen molar-refractivity contribution in [2.75, 3.05) is 26.2 Å². The Morgan fingerprint density at radius 1 is 1.17 bits per heavy atom. The van der Waals surface area contributed by atoms with Crippen LogP contribution in [0.15, 0.2) is 29.5 Å². The van der Waals surface area contributed by atoms with Gasteiger partial charge in [-0.2, -0.15) is 17.5 Å². The van der Waals surface area contributed by atoms with Gasteiger partial charge in [-0.25, -0.2) is 17.2 Å². The Balaban J connectivity index is 1.46. The molecule has 0 amide bonds. The molecule has 0 unspecified atom stereocenters. The summed E-state index contributed by atoms with van der Waals surface area (Å²) in [5.74, 6) is -1.25. The Kier molecular flexibility index (Phi) is 5.32. The predicted octanol–water partition coefficient (Wildman–Crippen LogP) is 2.25. The fourth-order valence-electron chi connectivity index (χ4n) is 4.38. The fourth-order valence-corrected chi connectivity index (χ4v) is 5.29. The van der Waals surface area contributed by atoms with Crippen LogP contribution in [-0.4, -0.2) is 61.5 Å². The van der Waals surface area contributed by atoms with Gasteiger partial charge in [0.1, 0.15) is 17.7 Å². The van der Waals surface area contributed by atoms with E-state index < -0.39 is 39.3 Å². The number of benzene rings is 1. The molecule has 166 valence electrons. The number of rotatable bonds is 3. The molecule has 3 heterocycles. The standard InChI is InChI=1S/C18H20F5N3O3S/c19-11-1-2-14(20)13(5-11)17-15(24)6-12(9-29-17)26-4-3-10-7-25(8-16(10)26)30(27,28)18(21,22)23/h1-2,5,12,15,17H,3-4,6-9,24H2/t12-,15+,17-/m1/s1. The van der Waals surface area contributed by atoms with Gasteiger partial charge >= 0.3 is 15.5 Å². The lowest BCUT2D eigenvalue weighted by molar-refractivity contribution is -0.0494. The summed E-state index contributed by atoms with van der Waals surface area (Å²) >= 11 is 0. The van der Waals surface area contributed by atoms with Crippen LogP contribution in [0.2, 0.25) is 0 Å². The molecular formula is C18H20F5N3O3S. The largest absolute Gasteiger partial charge is 0.511 e. The Labute approximate surface area is 170 Å². The normalized spacial score (nSPS) is 28.3. The molecule has 1 saturated heterocycles. The van der Waals surface area contributed by atoms with Crippen molar-refractivity contribution in [1.29, 1.82) is 0 Å². The van der Waals surface area contributed by atoms with Crippen LogP contribution in [0.5, 0.6) is 0 Å². The molecule has 3 aliphatic heterocycles. The van der Waals surface area contributed by atoms with Crippen molar-refractivity contribution >= 4 is 10.0 Å². The van der Waals surface area contributed by atoms with E-state index in [0.717, 1.165) is 18.2 Å². The predicted molar refractivity (Wildman–Crippen MR) is 96.3 cm³/mol. The number of alkyl halides is 3. The number of nitrogens with zero attached hydrogens (tertiary/aromatic N) is 2. The van der Waals surface area contributed by atoms with Gasteiger partial charge < -0.3 is 15.4 Å². The molecule has 1 aromatic carbocycles. The van der Waals surface area contributed by atoms with Gasteiger partial charge in [-0.3, -0.25) is 0 Å². The lowest BCUT2D eigenvalue weighted by Gasteiger charge is -2.40. The number of nitrogens with two attached hydrogens (primary N) is 1. The van der Waals surface area contributed by atoms with E-state index >= 15 is 0 Å². The quantitative estimate of drug-likeness (QED) is 0.711. The first kappa shape index (κ1) is 21.5. The number of hydrogen-bond acceptors (Lipinski definition) is 5. The molecule has 0 aliphatic carbocycles. The van der Waals surface area contributed by atoms with Crippen molar-refractivity contribution in [2.24, 2.45) is 5.73 Å². The van der Waals surface area contributed by atoms with Crippen LogP contribution in [0, 0.1) is 11.6 Å². The maximum atomic E-state index is 14.1. The summed E-state index contributed by atoms with van der Waals surface area (Å²) in [6.45, 7) is -0.0171. The smallest absolute Gasteiger partial charge is 0.370 e. The minimum Gasteiger partial charge on any atom is -0.370 e. The number of ether oxygens (including phenoxy) is 1. The first-order valence-electron chi connectivity index (χ1n) is 9.35. The number of hydrogen-bond donors (Lipinski definition) is 1. The van der Waals surface area contributed by atoms with Crippen molar-refractivity contribution in [3.8, 4) is 0 Å². The average Bonchev–Trinajstić information content (AvgIpc) is 3.24. The topological polar surface area (TPSA) is 75.9 Å². The first-order chi connectivity index (χ1) is 14.0. The van der Waals surface area contributed by atoms with E-state index in [1.54, 1.807) is 0 Å². The zero-order chi connectivity index (χ0) is 21.8. The summed E-state index contributed by atoms with van der Waals surface area (Å²) < 4.78 is 95.8. The maximum Gasteiger partial charge on any atom is 0.511 e. The molecule has 1 aromatic rings. The van der Waals surface area contributed by atoms with Crippen LogP contribution < -0.4 is 5.73 Å². The van der Waals surface area contributed by atoms with Gasteiger partial charge in [-0.05, 0) is 36.6 Å². The molecule has 3 aliphatic rings. The second-order valence-electron chi connectivity index (χ2n) is 7.69. The van der Waals surface area contributed by atoms with E-state index in [0.29, 0.717) is 35.0 Å². The van der Waals surface area contributed by atoms with Crippen molar-refractivity contribution in [2.45, 2.75) is 36.5 Å². The fraction of sp³-hybridized carbons (Fsp3) is 0.556. The lowest BCUT2D eigenvalue weighted by Crippen LogP contribution is -2.49. The van der Waals surface area contributed by atoms with Crippen molar-refractivity contribution in [3.05, 3.63) is 46.7 Å². The molecule has 4 rings (SSSR count). The SMILES string of the molecule is N[C@H]1C[C@@H](N2CCC3=C2CN(S(=O)(=O)C(F)(F)F)C3)CO[C@@H]1c1cc(F)ccc1F. The molecule has 3 atom stereocenters. The summed E-state index contributed by atoms with van der Waals surface area (Å²) in [6.07, 6.45) is -0.0604. The summed E-state index contributed by atoms with van der Waals surface area (Å²) in [5.41, 5.74) is 2.02. The molecule has 0 aromatic heterocycles. The summed E-state index contributed by atoms with van der Waals surface area (Å²) in [4.78, 5) is 1.83. The van der Waals surface area contributed by atoms with Crippen LogP contribution >= 0.6 is 0 Å². The molecule has 12 heteroatoms. The zero-order valence-electron chi connectivity index (χ0n) is 15.7. The second kappa shape index (κ2) is 7.43. The molecule has 1 fully saturated rings. The highest BCUT2D eigenvalue weighted by atomic mass is 32.2. The van der Waals surface area contributed by atoms with Crippen molar-refractivity contribution < 1.29 is 35.1 Å². The van der Waals surface area contributed by atoms with Gasteiger partial charge in [0.05, 0.1) is 19.2 Å². The highest BCUT2D eigenvalue weighted by Crippen LogP contribution is 2.39. The van der Waals surface area contributed by atoms with Crippen molar-refractivity contribution in [1.82, 2.24) is 9.21 Å². The van der Waals surface area contributed by atoms with Gasteiger partial charge in [-0.15, -0.1) is 0 Å². The summed E-state index contributed by atoms with van der Waals surface area (Å²) in [6, 6.07) is 2.07. The van der Waals surface area contributed by atoms with Crippen LogP contribution in [0.4, 0.5) is 22.0 Å². The Hall–Kier alpha value is -1.76. The van der Waals surface area contributed by atoms with Gasteiger partial charge in [0.25, 0.3) is 0 Å². The minimum atomic E-state index is -5.40. The van der Waals surface area contributed by atoms with Crippen LogP contribution in [0.25, 0.3) is 0 Å². The van der Waals surface area contributed by atoms with Gasteiger partial charge in [0.15, 0.2) is 0 Å². The van der Waals surface area contributed by atoms with E-state index in [4.69, 9.17) is 10.5 Å². The molecule has 2 N–H and O–H groups in total. The molecule has 0 spiro atoms. The molecule has 6 nitrogen and oxygen atoms in total. The number of sulfonamides is 1. The third kappa shape index (κ3) is 3.59. The second-order valence-corrected chi connectivity index (χ2v) is 9.62. The maximum absolute atomic E-state index is 14.1. The zero-order valence-corrected chi connectivity index (χ0v) is 16.5. The van der Waals surface area contributed by atoms with E-state index in [-0.39, 0.29) is 31.3 Å². The van der Waals surface area contributed by atoms with E-state index in [1.807, 2.05) is 4.90 Å². The van der Waals surface area contributed by atoms with Crippen LogP contribution in [0.3, 0.4) is 0 Å². The average molecular weight is 453 g/mol.